The normalized spacial score (nSPS) is 21.6. The molecule has 2 heterocycles. The van der Waals surface area contributed by atoms with Gasteiger partial charge in [0, 0.05) is 12.4 Å². The summed E-state index contributed by atoms with van der Waals surface area (Å²) in [6, 6.07) is 9.98. The first kappa shape index (κ1) is 14.1. The van der Waals surface area contributed by atoms with Gasteiger partial charge >= 0.3 is 0 Å². The molecule has 1 fully saturated rings. The van der Waals surface area contributed by atoms with Crippen molar-refractivity contribution in [3.63, 3.8) is 0 Å². The predicted octanol–water partition coefficient (Wildman–Crippen LogP) is 2.46. The fourth-order valence-electron chi connectivity index (χ4n) is 2.27. The molecule has 112 valence electrons. The highest BCUT2D eigenvalue weighted by molar-refractivity contribution is 5.27. The molecule has 5 heteroatoms. The minimum atomic E-state index is -0.0740. The Balaban J connectivity index is 1.48. The molecule has 0 N–H and O–H groups in total. The number of benzene rings is 1. The molecule has 1 aromatic heterocycles. The van der Waals surface area contributed by atoms with Gasteiger partial charge in [0.15, 0.2) is 6.29 Å². The van der Waals surface area contributed by atoms with E-state index in [0.717, 1.165) is 18.7 Å². The van der Waals surface area contributed by atoms with E-state index in [4.69, 9.17) is 14.2 Å². The molecule has 1 aromatic carbocycles. The van der Waals surface area contributed by atoms with Crippen LogP contribution in [0.3, 0.4) is 0 Å². The largest absolute Gasteiger partial charge is 0.491 e. The van der Waals surface area contributed by atoms with E-state index in [1.54, 1.807) is 6.20 Å². The number of aromatic nitrogens is 2. The fraction of sp³-hybridized carbons (Fsp3) is 0.438. The van der Waals surface area contributed by atoms with Crippen molar-refractivity contribution in [1.29, 1.82) is 0 Å². The Morgan fingerprint density at radius 1 is 1.33 bits per heavy atom. The first-order valence-electron chi connectivity index (χ1n) is 7.29. The van der Waals surface area contributed by atoms with Crippen LogP contribution in [0.1, 0.15) is 18.9 Å². The third kappa shape index (κ3) is 3.83. The molecule has 21 heavy (non-hydrogen) atoms. The van der Waals surface area contributed by atoms with Crippen LogP contribution in [0.15, 0.2) is 42.7 Å². The smallest absolute Gasteiger partial charge is 0.158 e. The van der Waals surface area contributed by atoms with Gasteiger partial charge in [0.05, 0.1) is 13.2 Å². The average molecular weight is 288 g/mol. The molecule has 2 unspecified atom stereocenters. The van der Waals surface area contributed by atoms with Gasteiger partial charge < -0.3 is 14.2 Å². The fourth-order valence-corrected chi connectivity index (χ4v) is 2.27. The van der Waals surface area contributed by atoms with Gasteiger partial charge in [-0.25, -0.2) is 0 Å². The summed E-state index contributed by atoms with van der Waals surface area (Å²) in [4.78, 5) is 0. The van der Waals surface area contributed by atoms with Gasteiger partial charge in [0.1, 0.15) is 18.5 Å². The molecule has 1 aliphatic heterocycles. The van der Waals surface area contributed by atoms with E-state index in [2.05, 4.69) is 17.2 Å². The van der Waals surface area contributed by atoms with Crippen molar-refractivity contribution in [2.24, 2.45) is 0 Å². The Kier molecular flexibility index (Phi) is 4.52. The third-order valence-corrected chi connectivity index (χ3v) is 3.41. The maximum absolute atomic E-state index is 5.75. The third-order valence-electron chi connectivity index (χ3n) is 3.41. The molecule has 0 amide bonds. The lowest BCUT2D eigenvalue weighted by molar-refractivity contribution is -0.0642. The summed E-state index contributed by atoms with van der Waals surface area (Å²) in [5.74, 6) is 0.850. The van der Waals surface area contributed by atoms with Crippen LogP contribution < -0.4 is 4.74 Å². The molecule has 2 aromatic rings. The monoisotopic (exact) mass is 288 g/mol. The van der Waals surface area contributed by atoms with Crippen molar-refractivity contribution in [2.45, 2.75) is 32.3 Å². The van der Waals surface area contributed by atoms with Gasteiger partial charge in [0.25, 0.3) is 0 Å². The van der Waals surface area contributed by atoms with E-state index in [-0.39, 0.29) is 12.4 Å². The summed E-state index contributed by atoms with van der Waals surface area (Å²) >= 11 is 0. The molecule has 1 saturated heterocycles. The molecule has 2 atom stereocenters. The highest BCUT2D eigenvalue weighted by Gasteiger charge is 2.24. The second-order valence-corrected chi connectivity index (χ2v) is 5.09. The highest BCUT2D eigenvalue weighted by atomic mass is 16.7. The van der Waals surface area contributed by atoms with Crippen molar-refractivity contribution < 1.29 is 14.2 Å². The summed E-state index contributed by atoms with van der Waals surface area (Å²) in [7, 11) is 0. The minimum absolute atomic E-state index is 0.0266. The number of hydrogen-bond acceptors (Lipinski definition) is 4. The Labute approximate surface area is 124 Å². The van der Waals surface area contributed by atoms with Gasteiger partial charge in [-0.2, -0.15) is 5.10 Å². The zero-order valence-electron chi connectivity index (χ0n) is 12.1. The van der Waals surface area contributed by atoms with Crippen molar-refractivity contribution in [3.05, 3.63) is 48.3 Å². The van der Waals surface area contributed by atoms with Crippen molar-refractivity contribution in [1.82, 2.24) is 9.78 Å². The highest BCUT2D eigenvalue weighted by Crippen LogP contribution is 2.17. The summed E-state index contributed by atoms with van der Waals surface area (Å²) in [5, 5.41) is 4.19. The zero-order valence-corrected chi connectivity index (χ0v) is 12.1. The molecule has 0 radical (unpaired) electrons. The SMILES string of the molecule is CCC1OCC(COc2ccc(Cn3cccn3)cc2)O1. The van der Waals surface area contributed by atoms with Crippen LogP contribution in [0.25, 0.3) is 0 Å². The van der Waals surface area contributed by atoms with E-state index < -0.39 is 0 Å². The first-order valence-corrected chi connectivity index (χ1v) is 7.29. The van der Waals surface area contributed by atoms with Gasteiger partial charge in [-0.15, -0.1) is 0 Å². The number of hydrogen-bond donors (Lipinski definition) is 0. The first-order chi connectivity index (χ1) is 10.3. The van der Waals surface area contributed by atoms with Crippen molar-refractivity contribution in [2.75, 3.05) is 13.2 Å². The Hall–Kier alpha value is -1.85. The predicted molar refractivity (Wildman–Crippen MR) is 78.2 cm³/mol. The molecule has 0 spiro atoms. The second-order valence-electron chi connectivity index (χ2n) is 5.09. The molecule has 0 saturated carbocycles. The van der Waals surface area contributed by atoms with Gasteiger partial charge in [-0.1, -0.05) is 19.1 Å². The zero-order chi connectivity index (χ0) is 14.5. The molecule has 0 aliphatic carbocycles. The Morgan fingerprint density at radius 3 is 2.86 bits per heavy atom. The lowest BCUT2D eigenvalue weighted by Gasteiger charge is -2.12. The lowest BCUT2D eigenvalue weighted by atomic mass is 10.2. The molecule has 5 nitrogen and oxygen atoms in total. The number of rotatable bonds is 6. The molecule has 0 bridgehead atoms. The standard InChI is InChI=1S/C16H20N2O3/c1-2-16-20-12-15(21-16)11-19-14-6-4-13(5-7-14)10-18-9-3-8-17-18/h3-9,15-16H,2,10-12H2,1H3. The minimum Gasteiger partial charge on any atom is -0.491 e. The molecular weight excluding hydrogens is 268 g/mol. The average Bonchev–Trinajstić information content (AvgIpc) is 3.18. The molecular formula is C16H20N2O3. The van der Waals surface area contributed by atoms with Crippen LogP contribution in [-0.4, -0.2) is 35.4 Å². The maximum atomic E-state index is 5.75. The van der Waals surface area contributed by atoms with E-state index in [9.17, 15) is 0 Å². The summed E-state index contributed by atoms with van der Waals surface area (Å²) in [6.45, 7) is 3.95. The van der Waals surface area contributed by atoms with Crippen LogP contribution >= 0.6 is 0 Å². The summed E-state index contributed by atoms with van der Waals surface area (Å²) < 4.78 is 18.8. The summed E-state index contributed by atoms with van der Waals surface area (Å²) in [5.41, 5.74) is 1.19. The lowest BCUT2D eigenvalue weighted by Crippen LogP contribution is -2.20. The van der Waals surface area contributed by atoms with E-state index >= 15 is 0 Å². The van der Waals surface area contributed by atoms with Gasteiger partial charge in [0.2, 0.25) is 0 Å². The van der Waals surface area contributed by atoms with Gasteiger partial charge in [-0.3, -0.25) is 4.68 Å². The van der Waals surface area contributed by atoms with E-state index in [0.29, 0.717) is 13.2 Å². The van der Waals surface area contributed by atoms with Crippen LogP contribution in [0.2, 0.25) is 0 Å². The number of nitrogens with zero attached hydrogens (tertiary/aromatic N) is 2. The van der Waals surface area contributed by atoms with E-state index in [1.807, 2.05) is 36.0 Å². The Bertz CT molecular complexity index is 539. The van der Waals surface area contributed by atoms with Crippen LogP contribution in [0.5, 0.6) is 5.75 Å². The van der Waals surface area contributed by atoms with Crippen LogP contribution in [0, 0.1) is 0 Å². The van der Waals surface area contributed by atoms with Crippen molar-refractivity contribution in [3.8, 4) is 5.75 Å². The van der Waals surface area contributed by atoms with Crippen LogP contribution in [-0.2, 0) is 16.0 Å². The number of ether oxygens (including phenoxy) is 3. The Morgan fingerprint density at radius 2 is 2.19 bits per heavy atom. The maximum Gasteiger partial charge on any atom is 0.158 e. The molecule has 1 aliphatic rings. The summed E-state index contributed by atoms with van der Waals surface area (Å²) in [6.07, 6.45) is 4.56. The van der Waals surface area contributed by atoms with Crippen LogP contribution in [0.4, 0.5) is 0 Å². The molecule has 3 rings (SSSR count). The quantitative estimate of drug-likeness (QED) is 0.819. The van der Waals surface area contributed by atoms with Crippen molar-refractivity contribution >= 4 is 0 Å². The second kappa shape index (κ2) is 6.74. The topological polar surface area (TPSA) is 45.5 Å². The van der Waals surface area contributed by atoms with Gasteiger partial charge in [-0.05, 0) is 30.2 Å². The van der Waals surface area contributed by atoms with E-state index in [1.165, 1.54) is 5.56 Å².